The predicted octanol–water partition coefficient (Wildman–Crippen LogP) is -0.959. The zero-order valence-corrected chi connectivity index (χ0v) is 22.5. The minimum absolute atomic E-state index is 0.0396. The zero-order chi connectivity index (χ0) is 29.5. The van der Waals surface area contributed by atoms with E-state index in [1.54, 1.807) is 34.9 Å². The second-order valence-electron chi connectivity index (χ2n) is 12.2. The molecule has 0 heterocycles. The van der Waals surface area contributed by atoms with Crippen LogP contribution < -0.4 is 11.5 Å². The van der Waals surface area contributed by atoms with Gasteiger partial charge in [0.25, 0.3) is 0 Å². The Balaban J connectivity index is 1.95. The largest absolute Gasteiger partial charge is 0.507 e. The SMILES string of the molecule is CN(C)[C@H]1C(O)C(C(N)=O)C(=O)[C@]2(O)C(=O)C3C(=O)c4c(O)c(C(C)(C)C)cc(C(N)C(=O)O)c4C[C@@H]3C[C@H]12. The Morgan fingerprint density at radius 2 is 1.74 bits per heavy atom. The van der Waals surface area contributed by atoms with E-state index >= 15 is 0 Å². The van der Waals surface area contributed by atoms with Gasteiger partial charge in [-0.15, -0.1) is 0 Å². The molecular formula is C27H35N3O9. The molecule has 3 aliphatic carbocycles. The lowest BCUT2D eigenvalue weighted by molar-refractivity contribution is -0.190. The Hall–Kier alpha value is -3.19. The average Bonchev–Trinajstić information content (AvgIpc) is 2.79. The van der Waals surface area contributed by atoms with Crippen molar-refractivity contribution in [3.05, 3.63) is 28.3 Å². The van der Waals surface area contributed by atoms with Gasteiger partial charge in [0.15, 0.2) is 23.0 Å². The standard InChI is InChI=1S/C27H35N3O9/c1-26(2,3)13-8-11(17(28)25(37)38)10-6-9-7-12-18(30(4)5)21(33)16(24(29)36)23(35)27(12,39)22(34)14(9)20(32)15(10)19(13)31/h8-9,12,14,16-18,21,31,33,39H,6-7,28H2,1-5H3,(H2,29,36)(H,37,38)/t9-,12-,14?,16?,17?,18-,21?,27-/m1/s1. The number of phenols is 1. The molecule has 1 amide bonds. The van der Waals surface area contributed by atoms with Crippen LogP contribution in [-0.4, -0.2) is 86.4 Å². The molecule has 1 aromatic carbocycles. The number of nitrogens with zero attached hydrogens (tertiary/aromatic N) is 1. The molecule has 3 aliphatic rings. The number of aliphatic hydroxyl groups is 2. The van der Waals surface area contributed by atoms with Gasteiger partial charge in [0.1, 0.15) is 17.7 Å². The molecule has 4 rings (SSSR count). The fraction of sp³-hybridized carbons (Fsp3) is 0.593. The quantitative estimate of drug-likeness (QED) is 0.253. The fourth-order valence-corrected chi connectivity index (χ4v) is 6.90. The van der Waals surface area contributed by atoms with Gasteiger partial charge in [-0.2, -0.15) is 0 Å². The molecule has 0 radical (unpaired) electrons. The number of fused-ring (bicyclic) bond motifs is 3. The first-order valence-corrected chi connectivity index (χ1v) is 12.7. The number of aromatic hydroxyl groups is 1. The number of Topliss-reactive ketones (excluding diaryl/α,β-unsaturated/α-hetero) is 3. The van der Waals surface area contributed by atoms with E-state index < -0.39 is 87.9 Å². The lowest BCUT2D eigenvalue weighted by atomic mass is 9.51. The van der Waals surface area contributed by atoms with Gasteiger partial charge in [0, 0.05) is 17.5 Å². The van der Waals surface area contributed by atoms with Crippen molar-refractivity contribution in [3.63, 3.8) is 0 Å². The molecule has 0 saturated heterocycles. The third-order valence-corrected chi connectivity index (χ3v) is 8.73. The summed E-state index contributed by atoms with van der Waals surface area (Å²) in [5, 5.41) is 43.5. The Labute approximate surface area is 225 Å². The number of carboxylic acid groups (broad SMARTS) is 1. The van der Waals surface area contributed by atoms with E-state index in [-0.39, 0.29) is 35.1 Å². The van der Waals surface area contributed by atoms with Crippen LogP contribution in [0.5, 0.6) is 5.75 Å². The lowest BCUT2D eigenvalue weighted by Crippen LogP contribution is -2.75. The number of aliphatic hydroxyl groups excluding tert-OH is 1. The van der Waals surface area contributed by atoms with Crippen LogP contribution in [-0.2, 0) is 31.0 Å². The number of benzene rings is 1. The number of phenolic OH excluding ortho intramolecular Hbond substituents is 1. The number of carboxylic acids is 1. The number of carbonyl (C=O) groups excluding carboxylic acids is 4. The summed E-state index contributed by atoms with van der Waals surface area (Å²) >= 11 is 0. The molecular weight excluding hydrogens is 510 g/mol. The monoisotopic (exact) mass is 545 g/mol. The third kappa shape index (κ3) is 4.00. The number of nitrogens with two attached hydrogens (primary N) is 2. The maximum atomic E-state index is 14.0. The van der Waals surface area contributed by atoms with Gasteiger partial charge in [-0.25, -0.2) is 0 Å². The van der Waals surface area contributed by atoms with Crippen molar-refractivity contribution in [1.29, 1.82) is 0 Å². The molecule has 8 atom stereocenters. The summed E-state index contributed by atoms with van der Waals surface area (Å²) in [6.07, 6.45) is -1.73. The van der Waals surface area contributed by atoms with Crippen LogP contribution in [0.2, 0.25) is 0 Å². The molecule has 2 saturated carbocycles. The number of hydrogen-bond acceptors (Lipinski definition) is 10. The highest BCUT2D eigenvalue weighted by Crippen LogP contribution is 2.53. The number of ketones is 3. The van der Waals surface area contributed by atoms with Gasteiger partial charge in [-0.1, -0.05) is 20.8 Å². The van der Waals surface area contributed by atoms with E-state index in [1.807, 2.05) is 0 Å². The van der Waals surface area contributed by atoms with Crippen LogP contribution in [0.4, 0.5) is 0 Å². The minimum atomic E-state index is -2.78. The topological polar surface area (TPSA) is 222 Å². The molecule has 4 unspecified atom stereocenters. The minimum Gasteiger partial charge on any atom is -0.507 e. The molecule has 0 aromatic heterocycles. The number of carbonyl (C=O) groups is 5. The number of hydrogen-bond donors (Lipinski definition) is 6. The van der Waals surface area contributed by atoms with Crippen LogP contribution in [0.25, 0.3) is 0 Å². The van der Waals surface area contributed by atoms with E-state index in [0.717, 1.165) is 0 Å². The summed E-state index contributed by atoms with van der Waals surface area (Å²) in [6.45, 7) is 5.24. The highest BCUT2D eigenvalue weighted by Gasteiger charge is 2.69. The molecule has 2 fully saturated rings. The van der Waals surface area contributed by atoms with Crippen molar-refractivity contribution in [2.24, 2.45) is 35.1 Å². The summed E-state index contributed by atoms with van der Waals surface area (Å²) in [7, 11) is 3.10. The van der Waals surface area contributed by atoms with Crippen LogP contribution in [0.15, 0.2) is 6.07 Å². The summed E-state index contributed by atoms with van der Waals surface area (Å²) in [5.41, 5.74) is 8.17. The molecule has 39 heavy (non-hydrogen) atoms. The van der Waals surface area contributed by atoms with Gasteiger partial charge >= 0.3 is 5.97 Å². The summed E-state index contributed by atoms with van der Waals surface area (Å²) in [6, 6.07) is -1.09. The number of aliphatic carboxylic acids is 1. The maximum absolute atomic E-state index is 14.0. The predicted molar refractivity (Wildman–Crippen MR) is 136 cm³/mol. The molecule has 212 valence electrons. The second kappa shape index (κ2) is 9.19. The van der Waals surface area contributed by atoms with Crippen LogP contribution in [0, 0.1) is 23.7 Å². The Morgan fingerprint density at radius 1 is 1.15 bits per heavy atom. The fourth-order valence-electron chi connectivity index (χ4n) is 6.90. The van der Waals surface area contributed by atoms with Crippen molar-refractivity contribution >= 4 is 29.2 Å². The number of rotatable bonds is 4. The van der Waals surface area contributed by atoms with E-state index in [4.69, 9.17) is 11.5 Å². The molecule has 12 nitrogen and oxygen atoms in total. The molecule has 1 aromatic rings. The molecule has 12 heteroatoms. The molecule has 8 N–H and O–H groups in total. The van der Waals surface area contributed by atoms with Gasteiger partial charge < -0.3 is 36.8 Å². The highest BCUT2D eigenvalue weighted by atomic mass is 16.4. The van der Waals surface area contributed by atoms with E-state index in [0.29, 0.717) is 0 Å². The Morgan fingerprint density at radius 3 is 2.23 bits per heavy atom. The molecule has 0 aliphatic heterocycles. The second-order valence-corrected chi connectivity index (χ2v) is 12.2. The van der Waals surface area contributed by atoms with E-state index in [1.165, 1.54) is 11.0 Å². The lowest BCUT2D eigenvalue weighted by Gasteiger charge is -2.55. The number of likely N-dealkylation sites (N-methyl/N-ethyl adjacent to an activating group) is 1. The Bertz CT molecular complexity index is 1300. The normalized spacial score (nSPS) is 33.3. The van der Waals surface area contributed by atoms with Gasteiger partial charge in [-0.3, -0.25) is 24.0 Å². The smallest absolute Gasteiger partial charge is 0.325 e. The maximum Gasteiger partial charge on any atom is 0.325 e. The van der Waals surface area contributed by atoms with Crippen LogP contribution in [0.1, 0.15) is 60.3 Å². The average molecular weight is 546 g/mol. The van der Waals surface area contributed by atoms with Gasteiger partial charge in [0.05, 0.1) is 17.6 Å². The summed E-state index contributed by atoms with van der Waals surface area (Å²) in [4.78, 5) is 66.9. The first kappa shape index (κ1) is 28.8. The Kier molecular flexibility index (Phi) is 6.79. The number of primary amides is 1. The van der Waals surface area contributed by atoms with Gasteiger partial charge in [-0.05, 0) is 55.5 Å². The van der Waals surface area contributed by atoms with E-state index in [2.05, 4.69) is 0 Å². The van der Waals surface area contributed by atoms with E-state index in [9.17, 15) is 44.4 Å². The highest BCUT2D eigenvalue weighted by molar-refractivity contribution is 6.25. The third-order valence-electron chi connectivity index (χ3n) is 8.73. The first-order chi connectivity index (χ1) is 17.9. The van der Waals surface area contributed by atoms with Crippen LogP contribution >= 0.6 is 0 Å². The summed E-state index contributed by atoms with van der Waals surface area (Å²) in [5.74, 6) is -11.6. The van der Waals surface area contributed by atoms with Crippen molar-refractivity contribution in [2.75, 3.05) is 14.1 Å². The first-order valence-electron chi connectivity index (χ1n) is 12.7. The molecule has 0 spiro atoms. The molecule has 0 bridgehead atoms. The van der Waals surface area contributed by atoms with Crippen molar-refractivity contribution in [2.45, 2.75) is 62.8 Å². The van der Waals surface area contributed by atoms with Gasteiger partial charge in [0.2, 0.25) is 5.91 Å². The zero-order valence-electron chi connectivity index (χ0n) is 22.5. The van der Waals surface area contributed by atoms with Crippen molar-refractivity contribution in [3.8, 4) is 5.75 Å². The van der Waals surface area contributed by atoms with Crippen molar-refractivity contribution < 1.29 is 44.4 Å². The summed E-state index contributed by atoms with van der Waals surface area (Å²) < 4.78 is 0. The number of amides is 1. The van der Waals surface area contributed by atoms with Crippen LogP contribution in [0.3, 0.4) is 0 Å². The van der Waals surface area contributed by atoms with Crippen molar-refractivity contribution in [1.82, 2.24) is 4.90 Å².